The number of rotatable bonds is 1. The second-order valence-electron chi connectivity index (χ2n) is 6.72. The monoisotopic (exact) mass is 332 g/mol. The number of aromatic nitrogens is 1. The van der Waals surface area contributed by atoms with Gasteiger partial charge in [0.2, 0.25) is 5.69 Å². The summed E-state index contributed by atoms with van der Waals surface area (Å²) in [6.07, 6.45) is 0.118. The normalized spacial score (nSPS) is 12.5. The molecule has 2 heteroatoms. The summed E-state index contributed by atoms with van der Waals surface area (Å²) in [5.74, 6) is -0.308. The Balaban J connectivity index is 2.27. The van der Waals surface area contributed by atoms with E-state index in [4.69, 9.17) is 2.74 Å². The lowest BCUT2D eigenvalue weighted by atomic mass is 9.93. The van der Waals surface area contributed by atoms with Crippen molar-refractivity contribution in [2.75, 3.05) is 0 Å². The van der Waals surface area contributed by atoms with Gasteiger partial charge in [0.25, 0.3) is 0 Å². The summed E-state index contributed by atoms with van der Waals surface area (Å²) in [5.41, 5.74) is 5.42. The molecule has 0 amide bonds. The third-order valence-electron chi connectivity index (χ3n) is 5.01. The van der Waals surface area contributed by atoms with Gasteiger partial charge in [0.1, 0.15) is 14.2 Å². The zero-order chi connectivity index (χ0) is 19.5. The van der Waals surface area contributed by atoms with Gasteiger partial charge in [-0.1, -0.05) is 29.8 Å². The highest BCUT2D eigenvalue weighted by atomic mass is 19.1. The molecule has 4 aromatic rings. The van der Waals surface area contributed by atoms with Gasteiger partial charge in [-0.25, -0.2) is 8.96 Å². The smallest absolute Gasteiger partial charge is 0.206 e. The average Bonchev–Trinajstić information content (AvgIpc) is 2.63. The SMILES string of the molecule is [2H]c1c([2H])[n+](C)c(-c2cc(C)cc(C)c2C)c2ccc3c(F)cccc3c12. The van der Waals surface area contributed by atoms with E-state index in [9.17, 15) is 4.39 Å². The largest absolute Gasteiger partial charge is 0.220 e. The lowest BCUT2D eigenvalue weighted by Crippen LogP contribution is -2.30. The van der Waals surface area contributed by atoms with Gasteiger partial charge in [0.15, 0.2) is 6.17 Å². The number of hydrogen-bond acceptors (Lipinski definition) is 0. The van der Waals surface area contributed by atoms with Crippen molar-refractivity contribution in [2.45, 2.75) is 20.8 Å². The maximum absolute atomic E-state index is 14.3. The summed E-state index contributed by atoms with van der Waals surface area (Å²) in [6.45, 7) is 6.22. The molecule has 0 unspecified atom stereocenters. The summed E-state index contributed by atoms with van der Waals surface area (Å²) in [4.78, 5) is 0. The van der Waals surface area contributed by atoms with Crippen molar-refractivity contribution in [1.82, 2.24) is 0 Å². The molecule has 0 aliphatic carbocycles. The van der Waals surface area contributed by atoms with E-state index in [0.29, 0.717) is 16.2 Å². The molecule has 1 nitrogen and oxygen atoms in total. The lowest BCUT2D eigenvalue weighted by molar-refractivity contribution is -0.659. The van der Waals surface area contributed by atoms with Crippen LogP contribution < -0.4 is 4.57 Å². The molecule has 0 aliphatic heterocycles. The van der Waals surface area contributed by atoms with Crippen LogP contribution in [0.1, 0.15) is 19.4 Å². The predicted molar refractivity (Wildman–Crippen MR) is 102 cm³/mol. The van der Waals surface area contributed by atoms with E-state index in [1.54, 1.807) is 16.7 Å². The third kappa shape index (κ3) is 2.41. The number of halogens is 1. The fraction of sp³-hybridized carbons (Fsp3) is 0.174. The zero-order valence-corrected chi connectivity index (χ0v) is 14.9. The summed E-state index contributed by atoms with van der Waals surface area (Å²) in [5, 5.41) is 2.65. The molecule has 3 aromatic carbocycles. The van der Waals surface area contributed by atoms with E-state index in [0.717, 1.165) is 27.8 Å². The van der Waals surface area contributed by atoms with Gasteiger partial charge in [-0.3, -0.25) is 0 Å². The van der Waals surface area contributed by atoms with Gasteiger partial charge in [0.05, 0.1) is 12.3 Å². The van der Waals surface area contributed by atoms with Crippen LogP contribution in [0.5, 0.6) is 0 Å². The van der Waals surface area contributed by atoms with Crippen molar-refractivity contribution in [3.05, 3.63) is 77.2 Å². The second-order valence-corrected chi connectivity index (χ2v) is 6.72. The van der Waals surface area contributed by atoms with Gasteiger partial charge in [-0.15, -0.1) is 0 Å². The summed E-state index contributed by atoms with van der Waals surface area (Å²) in [6, 6.07) is 13.0. The molecule has 0 N–H and O–H groups in total. The topological polar surface area (TPSA) is 3.88 Å². The van der Waals surface area contributed by atoms with Crippen molar-refractivity contribution >= 4 is 21.5 Å². The molecule has 0 saturated carbocycles. The molecule has 25 heavy (non-hydrogen) atoms. The maximum atomic E-state index is 14.3. The van der Waals surface area contributed by atoms with Crippen LogP contribution in [0.2, 0.25) is 0 Å². The van der Waals surface area contributed by atoms with Crippen molar-refractivity contribution in [3.8, 4) is 11.3 Å². The molecular weight excluding hydrogens is 309 g/mol. The van der Waals surface area contributed by atoms with Crippen molar-refractivity contribution in [3.63, 3.8) is 0 Å². The highest BCUT2D eigenvalue weighted by Crippen LogP contribution is 2.34. The lowest BCUT2D eigenvalue weighted by Gasteiger charge is -2.12. The molecule has 1 aromatic heterocycles. The van der Waals surface area contributed by atoms with E-state index in [2.05, 4.69) is 32.9 Å². The number of fused-ring (bicyclic) bond motifs is 3. The Bertz CT molecular complexity index is 1250. The predicted octanol–water partition coefficient (Wildman–Crippen LogP) is 5.55. The standard InChI is InChI=1S/C23H21FN/c1-14-12-15(2)16(3)21(13-14)23-20-9-8-19-17(6-5-7-22(19)24)18(20)10-11-25(23)4/h5-13H,1-4H3/q+1/i10D,11D. The van der Waals surface area contributed by atoms with Crippen LogP contribution in [0, 0.1) is 26.6 Å². The summed E-state index contributed by atoms with van der Waals surface area (Å²) < 4.78 is 33.1. The quantitative estimate of drug-likeness (QED) is 0.318. The molecule has 1 heterocycles. The highest BCUT2D eigenvalue weighted by Gasteiger charge is 2.19. The third-order valence-corrected chi connectivity index (χ3v) is 5.01. The van der Waals surface area contributed by atoms with Crippen LogP contribution >= 0.6 is 0 Å². The summed E-state index contributed by atoms with van der Waals surface area (Å²) >= 11 is 0. The van der Waals surface area contributed by atoms with Gasteiger partial charge >= 0.3 is 0 Å². The Hall–Kier alpha value is -2.74. The van der Waals surface area contributed by atoms with Crippen LogP contribution in [-0.4, -0.2) is 0 Å². The molecule has 0 radical (unpaired) electrons. The fourth-order valence-corrected chi connectivity index (χ4v) is 3.64. The van der Waals surface area contributed by atoms with Crippen molar-refractivity contribution in [2.24, 2.45) is 7.05 Å². The molecular formula is C23H21FN+. The van der Waals surface area contributed by atoms with Gasteiger partial charge < -0.3 is 0 Å². The van der Waals surface area contributed by atoms with Gasteiger partial charge in [-0.05, 0) is 55.5 Å². The summed E-state index contributed by atoms with van der Waals surface area (Å²) in [7, 11) is 1.82. The van der Waals surface area contributed by atoms with E-state index >= 15 is 0 Å². The molecule has 0 spiro atoms. The van der Waals surface area contributed by atoms with Crippen LogP contribution in [0.3, 0.4) is 0 Å². The van der Waals surface area contributed by atoms with Crippen molar-refractivity contribution < 1.29 is 11.7 Å². The average molecular weight is 332 g/mol. The Morgan fingerprint density at radius 3 is 2.48 bits per heavy atom. The van der Waals surface area contributed by atoms with Crippen LogP contribution in [0.15, 0.2) is 54.7 Å². The number of nitrogens with zero attached hydrogens (tertiary/aromatic N) is 1. The Labute approximate surface area is 150 Å². The second kappa shape index (κ2) is 5.66. The van der Waals surface area contributed by atoms with Crippen LogP contribution in [0.4, 0.5) is 4.39 Å². The van der Waals surface area contributed by atoms with Crippen LogP contribution in [-0.2, 0) is 7.05 Å². The van der Waals surface area contributed by atoms with Gasteiger partial charge in [-0.2, -0.15) is 0 Å². The molecule has 124 valence electrons. The molecule has 0 aliphatic rings. The minimum atomic E-state index is -0.308. The number of hydrogen-bond donors (Lipinski definition) is 0. The first kappa shape index (κ1) is 13.5. The number of benzene rings is 3. The molecule has 0 atom stereocenters. The van der Waals surface area contributed by atoms with E-state index < -0.39 is 0 Å². The number of aryl methyl sites for hydroxylation is 2. The first-order valence-electron chi connectivity index (χ1n) is 9.39. The minimum Gasteiger partial charge on any atom is -0.206 e. The zero-order valence-electron chi connectivity index (χ0n) is 16.9. The Morgan fingerprint density at radius 1 is 0.920 bits per heavy atom. The highest BCUT2D eigenvalue weighted by molar-refractivity contribution is 6.10. The van der Waals surface area contributed by atoms with Gasteiger partial charge in [0, 0.05) is 16.8 Å². The number of pyridine rings is 1. The van der Waals surface area contributed by atoms with E-state index in [1.807, 2.05) is 19.2 Å². The molecule has 0 bridgehead atoms. The molecule has 0 fully saturated rings. The molecule has 4 rings (SSSR count). The Morgan fingerprint density at radius 2 is 1.68 bits per heavy atom. The van der Waals surface area contributed by atoms with E-state index in [1.165, 1.54) is 11.6 Å². The van der Waals surface area contributed by atoms with Crippen LogP contribution in [0.25, 0.3) is 32.8 Å². The first-order valence-corrected chi connectivity index (χ1v) is 8.39. The first-order chi connectivity index (χ1) is 12.8. The Kier molecular flexibility index (Phi) is 3.07. The maximum Gasteiger partial charge on any atom is 0.220 e. The molecule has 0 saturated heterocycles. The van der Waals surface area contributed by atoms with Crippen molar-refractivity contribution in [1.29, 1.82) is 0 Å². The minimum absolute atomic E-state index is 0.118. The van der Waals surface area contributed by atoms with E-state index in [-0.39, 0.29) is 18.0 Å². The fourth-order valence-electron chi connectivity index (χ4n) is 3.64.